The minimum absolute atomic E-state index is 0.289. The van der Waals surface area contributed by atoms with Crippen LogP contribution in [0.3, 0.4) is 0 Å². The molecule has 6 N–H and O–H groups in total. The van der Waals surface area contributed by atoms with Crippen molar-refractivity contribution in [1.29, 1.82) is 0 Å². The van der Waals surface area contributed by atoms with Gasteiger partial charge in [0.05, 0.1) is 0 Å². The molecule has 0 aromatic heterocycles. The Labute approximate surface area is 277 Å². The summed E-state index contributed by atoms with van der Waals surface area (Å²) >= 11 is 0. The minimum atomic E-state index is -0.361. The molecule has 2 aromatic carbocycles. The predicted molar refractivity (Wildman–Crippen MR) is 187 cm³/mol. The smallest absolute Gasteiger partial charge is 0.407 e. The summed E-state index contributed by atoms with van der Waals surface area (Å²) in [5.74, 6) is 0. The summed E-state index contributed by atoms with van der Waals surface area (Å²) in [6.45, 7) is 9.91. The molecule has 2 amide bonds. The van der Waals surface area contributed by atoms with Gasteiger partial charge in [-0.2, -0.15) is 0 Å². The molecule has 0 bridgehead atoms. The monoisotopic (exact) mass is 640 g/mol. The van der Waals surface area contributed by atoms with Crippen LogP contribution in [0.2, 0.25) is 0 Å². The van der Waals surface area contributed by atoms with E-state index in [1.807, 2.05) is 60.7 Å². The molecule has 10 nitrogen and oxygen atoms in total. The van der Waals surface area contributed by atoms with Gasteiger partial charge >= 0.3 is 12.2 Å². The molecule has 2 aromatic rings. The van der Waals surface area contributed by atoms with E-state index in [4.69, 9.17) is 15.2 Å². The van der Waals surface area contributed by atoms with E-state index in [1.165, 1.54) is 12.8 Å². The Bertz CT molecular complexity index is 931. The number of unbranched alkanes of at least 4 members (excludes halogenated alkanes) is 5. The van der Waals surface area contributed by atoms with Crippen LogP contribution < -0.4 is 27.0 Å². The largest absolute Gasteiger partial charge is 0.445 e. The van der Waals surface area contributed by atoms with Gasteiger partial charge in [-0.1, -0.05) is 73.5 Å². The van der Waals surface area contributed by atoms with Gasteiger partial charge in [-0.3, -0.25) is 0 Å². The van der Waals surface area contributed by atoms with Crippen molar-refractivity contribution >= 4 is 12.2 Å². The van der Waals surface area contributed by atoms with Crippen molar-refractivity contribution in [3.63, 3.8) is 0 Å². The van der Waals surface area contributed by atoms with Crippen LogP contribution in [0, 0.1) is 0 Å². The van der Waals surface area contributed by atoms with Gasteiger partial charge < -0.3 is 41.4 Å². The Morgan fingerprint density at radius 1 is 0.522 bits per heavy atom. The van der Waals surface area contributed by atoms with Gasteiger partial charge in [0.25, 0.3) is 0 Å². The maximum absolute atomic E-state index is 12.0. The van der Waals surface area contributed by atoms with Crippen molar-refractivity contribution in [1.82, 2.24) is 26.2 Å². The number of rotatable bonds is 28. The molecular formula is C36H60N6O4. The molecule has 0 heterocycles. The predicted octanol–water partition coefficient (Wildman–Crippen LogP) is 5.18. The lowest BCUT2D eigenvalue weighted by molar-refractivity contribution is 0.138. The van der Waals surface area contributed by atoms with Crippen LogP contribution in [0.15, 0.2) is 60.7 Å². The Morgan fingerprint density at radius 2 is 0.935 bits per heavy atom. The van der Waals surface area contributed by atoms with Gasteiger partial charge in [0.1, 0.15) is 13.2 Å². The molecule has 0 radical (unpaired) electrons. The second kappa shape index (κ2) is 28.1. The van der Waals surface area contributed by atoms with E-state index in [1.54, 1.807) is 0 Å². The van der Waals surface area contributed by atoms with Crippen LogP contribution in [0.1, 0.15) is 75.3 Å². The molecular weight excluding hydrogens is 580 g/mol. The standard InChI is InChI=1S/C36H60N6O4/c37-21-15-24-38-22-11-12-23-39-25-16-30-42(28-13-3-9-26-40-35(43)45-31-33-17-5-1-6-18-33)29-14-4-10-27-41-36(44)46-32-34-19-7-2-8-20-34/h1-2,5-8,17-20,38-39H,3-4,9-16,21-32,37H2,(H,40,43)(H,41,44). The van der Waals surface area contributed by atoms with Crippen LogP contribution in [-0.2, 0) is 22.7 Å². The van der Waals surface area contributed by atoms with Gasteiger partial charge in [-0.15, -0.1) is 0 Å². The van der Waals surface area contributed by atoms with Gasteiger partial charge in [0.2, 0.25) is 0 Å². The molecule has 46 heavy (non-hydrogen) atoms. The maximum Gasteiger partial charge on any atom is 0.407 e. The van der Waals surface area contributed by atoms with Crippen LogP contribution in [-0.4, -0.2) is 82.5 Å². The Kier molecular flexibility index (Phi) is 23.8. The molecule has 0 fully saturated rings. The van der Waals surface area contributed by atoms with Crippen molar-refractivity contribution in [3.05, 3.63) is 71.8 Å². The normalized spacial score (nSPS) is 11.0. The quantitative estimate of drug-likeness (QED) is 0.0805. The summed E-state index contributed by atoms with van der Waals surface area (Å²) < 4.78 is 10.6. The summed E-state index contributed by atoms with van der Waals surface area (Å²) in [6.07, 6.45) is 9.98. The van der Waals surface area contributed by atoms with E-state index in [-0.39, 0.29) is 25.4 Å². The van der Waals surface area contributed by atoms with Gasteiger partial charge in [-0.05, 0) is 115 Å². The highest BCUT2D eigenvalue weighted by Crippen LogP contribution is 2.05. The number of hydrogen-bond donors (Lipinski definition) is 5. The zero-order valence-electron chi connectivity index (χ0n) is 28.0. The Hall–Kier alpha value is -3.18. The number of carbonyl (C=O) groups is 2. The molecule has 0 aliphatic carbocycles. The van der Waals surface area contributed by atoms with E-state index in [2.05, 4.69) is 26.2 Å². The SMILES string of the molecule is NCCCNCCCCNCCCN(CCCCCNC(=O)OCc1ccccc1)CCCCCNC(=O)OCc1ccccc1. The van der Waals surface area contributed by atoms with Crippen molar-refractivity contribution in [2.75, 3.05) is 65.4 Å². The molecule has 0 atom stereocenters. The van der Waals surface area contributed by atoms with Crippen LogP contribution in [0.25, 0.3) is 0 Å². The van der Waals surface area contributed by atoms with E-state index in [0.29, 0.717) is 13.1 Å². The van der Waals surface area contributed by atoms with Crippen LogP contribution in [0.4, 0.5) is 9.59 Å². The first-order valence-electron chi connectivity index (χ1n) is 17.4. The highest BCUT2D eigenvalue weighted by molar-refractivity contribution is 5.67. The number of nitrogens with zero attached hydrogens (tertiary/aromatic N) is 1. The summed E-state index contributed by atoms with van der Waals surface area (Å²) in [6, 6.07) is 19.4. The zero-order valence-corrected chi connectivity index (χ0v) is 28.0. The lowest BCUT2D eigenvalue weighted by Crippen LogP contribution is -2.30. The Balaban J connectivity index is 1.55. The first kappa shape index (κ1) is 39.0. The molecule has 0 aliphatic heterocycles. The molecule has 258 valence electrons. The maximum atomic E-state index is 12.0. The lowest BCUT2D eigenvalue weighted by Gasteiger charge is -2.22. The summed E-state index contributed by atoms with van der Waals surface area (Å²) in [5.41, 5.74) is 7.50. The molecule has 0 saturated heterocycles. The van der Waals surface area contributed by atoms with Crippen molar-refractivity contribution in [2.45, 2.75) is 77.4 Å². The molecule has 10 heteroatoms. The van der Waals surface area contributed by atoms with Crippen LogP contribution >= 0.6 is 0 Å². The van der Waals surface area contributed by atoms with Gasteiger partial charge in [-0.25, -0.2) is 9.59 Å². The van der Waals surface area contributed by atoms with Crippen molar-refractivity contribution < 1.29 is 19.1 Å². The fraction of sp³-hybridized carbons (Fsp3) is 0.611. The van der Waals surface area contributed by atoms with Crippen molar-refractivity contribution in [2.24, 2.45) is 5.73 Å². The van der Waals surface area contributed by atoms with E-state index < -0.39 is 0 Å². The number of nitrogens with two attached hydrogens (primary N) is 1. The third kappa shape index (κ3) is 22.3. The molecule has 0 unspecified atom stereocenters. The molecule has 0 saturated carbocycles. The topological polar surface area (TPSA) is 130 Å². The number of amides is 2. The second-order valence-corrected chi connectivity index (χ2v) is 11.6. The molecule has 2 rings (SSSR count). The van der Waals surface area contributed by atoms with E-state index >= 15 is 0 Å². The number of nitrogens with one attached hydrogen (secondary N) is 4. The highest BCUT2D eigenvalue weighted by atomic mass is 16.6. The first-order valence-corrected chi connectivity index (χ1v) is 17.4. The van der Waals surface area contributed by atoms with Crippen LogP contribution in [0.5, 0.6) is 0 Å². The highest BCUT2D eigenvalue weighted by Gasteiger charge is 2.07. The number of benzene rings is 2. The van der Waals surface area contributed by atoms with E-state index in [0.717, 1.165) is 115 Å². The summed E-state index contributed by atoms with van der Waals surface area (Å²) in [4.78, 5) is 26.5. The van der Waals surface area contributed by atoms with Crippen molar-refractivity contribution in [3.8, 4) is 0 Å². The third-order valence-corrected chi connectivity index (χ3v) is 7.61. The van der Waals surface area contributed by atoms with E-state index in [9.17, 15) is 9.59 Å². The fourth-order valence-corrected chi connectivity index (χ4v) is 4.94. The Morgan fingerprint density at radius 3 is 1.41 bits per heavy atom. The number of alkyl carbamates (subject to hydrolysis) is 2. The fourth-order valence-electron chi connectivity index (χ4n) is 4.94. The molecule has 0 aliphatic rings. The lowest BCUT2D eigenvalue weighted by atomic mass is 10.2. The number of ether oxygens (including phenoxy) is 2. The number of carbonyl (C=O) groups excluding carboxylic acids is 2. The molecule has 0 spiro atoms. The summed E-state index contributed by atoms with van der Waals surface area (Å²) in [5, 5.41) is 12.8. The first-order chi connectivity index (χ1) is 22.7. The average molecular weight is 641 g/mol. The van der Waals surface area contributed by atoms with Gasteiger partial charge in [0.15, 0.2) is 0 Å². The number of hydrogen-bond acceptors (Lipinski definition) is 8. The summed E-state index contributed by atoms with van der Waals surface area (Å²) in [7, 11) is 0. The minimum Gasteiger partial charge on any atom is -0.445 e. The average Bonchev–Trinajstić information content (AvgIpc) is 3.08. The third-order valence-electron chi connectivity index (χ3n) is 7.61. The van der Waals surface area contributed by atoms with Gasteiger partial charge in [0, 0.05) is 13.1 Å². The zero-order chi connectivity index (χ0) is 32.8. The second-order valence-electron chi connectivity index (χ2n) is 11.6.